The third kappa shape index (κ3) is 4.46. The summed E-state index contributed by atoms with van der Waals surface area (Å²) in [6.07, 6.45) is 1.67. The zero-order valence-corrected chi connectivity index (χ0v) is 15.7. The van der Waals surface area contributed by atoms with Crippen LogP contribution in [0.3, 0.4) is 0 Å². The van der Waals surface area contributed by atoms with Crippen molar-refractivity contribution in [2.75, 3.05) is 4.72 Å². The summed E-state index contributed by atoms with van der Waals surface area (Å²) < 4.78 is 33.0. The third-order valence-corrected chi connectivity index (χ3v) is 5.59. The van der Waals surface area contributed by atoms with Crippen LogP contribution in [0, 0.1) is 0 Å². The largest absolute Gasteiger partial charge is 0.486 e. The molecule has 2 aromatic carbocycles. The Labute approximate surface area is 161 Å². The van der Waals surface area contributed by atoms with E-state index >= 15 is 0 Å². The highest BCUT2D eigenvalue weighted by molar-refractivity contribution is 7.92. The van der Waals surface area contributed by atoms with Crippen molar-refractivity contribution in [3.63, 3.8) is 0 Å². The molecule has 3 rings (SSSR count). The number of nitrogens with zero attached hydrogens (tertiary/aromatic N) is 1. The summed E-state index contributed by atoms with van der Waals surface area (Å²) >= 11 is 12.2. The molecule has 1 aromatic heterocycles. The van der Waals surface area contributed by atoms with Gasteiger partial charge in [-0.05, 0) is 42.5 Å². The maximum absolute atomic E-state index is 12.5. The average Bonchev–Trinajstić information content (AvgIpc) is 2.62. The van der Waals surface area contributed by atoms with Gasteiger partial charge in [-0.15, -0.1) is 0 Å². The molecule has 0 aliphatic heterocycles. The maximum Gasteiger partial charge on any atom is 0.263 e. The molecule has 1 N–H and O–H groups in total. The molecule has 5 nitrogen and oxygen atoms in total. The van der Waals surface area contributed by atoms with E-state index in [0.717, 1.165) is 5.69 Å². The Hall–Kier alpha value is -2.28. The normalized spacial score (nSPS) is 11.2. The Morgan fingerprint density at radius 3 is 2.42 bits per heavy atom. The van der Waals surface area contributed by atoms with Gasteiger partial charge in [-0.2, -0.15) is 0 Å². The van der Waals surface area contributed by atoms with E-state index < -0.39 is 10.0 Å². The van der Waals surface area contributed by atoms with Crippen molar-refractivity contribution in [2.45, 2.75) is 11.5 Å². The predicted molar refractivity (Wildman–Crippen MR) is 102 cm³/mol. The van der Waals surface area contributed by atoms with Crippen molar-refractivity contribution in [1.29, 1.82) is 0 Å². The molecule has 0 unspecified atom stereocenters. The van der Waals surface area contributed by atoms with Gasteiger partial charge >= 0.3 is 0 Å². The van der Waals surface area contributed by atoms with Crippen LogP contribution in [0.2, 0.25) is 10.0 Å². The molecule has 0 fully saturated rings. The molecule has 134 valence electrons. The minimum Gasteiger partial charge on any atom is -0.486 e. The van der Waals surface area contributed by atoms with E-state index in [9.17, 15) is 8.42 Å². The van der Waals surface area contributed by atoms with Crippen molar-refractivity contribution >= 4 is 38.9 Å². The van der Waals surface area contributed by atoms with Gasteiger partial charge in [0.1, 0.15) is 17.3 Å². The first-order valence-corrected chi connectivity index (χ1v) is 9.79. The van der Waals surface area contributed by atoms with Crippen LogP contribution in [-0.2, 0) is 16.6 Å². The molecule has 0 amide bonds. The monoisotopic (exact) mass is 408 g/mol. The molecule has 1 heterocycles. The van der Waals surface area contributed by atoms with E-state index in [4.69, 9.17) is 27.9 Å². The molecule has 3 aromatic rings. The number of hydrogen-bond donors (Lipinski definition) is 1. The highest BCUT2D eigenvalue weighted by atomic mass is 35.5. The third-order valence-electron chi connectivity index (χ3n) is 3.41. The number of rotatable bonds is 6. The second-order valence-electron chi connectivity index (χ2n) is 5.29. The fourth-order valence-corrected chi connectivity index (χ4v) is 3.99. The zero-order chi connectivity index (χ0) is 18.6. The maximum atomic E-state index is 12.5. The lowest BCUT2D eigenvalue weighted by molar-refractivity contribution is 0.301. The summed E-state index contributed by atoms with van der Waals surface area (Å²) in [5.41, 5.74) is 1.06. The lowest BCUT2D eigenvalue weighted by atomic mass is 10.3. The molecule has 0 saturated heterocycles. The van der Waals surface area contributed by atoms with E-state index in [-0.39, 0.29) is 21.5 Å². The summed E-state index contributed by atoms with van der Waals surface area (Å²) in [6, 6.07) is 16.3. The molecule has 0 atom stereocenters. The number of anilines is 1. The lowest BCUT2D eigenvalue weighted by Gasteiger charge is -2.12. The van der Waals surface area contributed by atoms with Gasteiger partial charge in [0.25, 0.3) is 10.0 Å². The topological polar surface area (TPSA) is 68.3 Å². The molecular weight excluding hydrogens is 395 g/mol. The van der Waals surface area contributed by atoms with E-state index in [2.05, 4.69) is 9.71 Å². The number of ether oxygens (including phenoxy) is 1. The predicted octanol–water partition coefficient (Wildman–Crippen LogP) is 4.77. The van der Waals surface area contributed by atoms with Crippen molar-refractivity contribution in [1.82, 2.24) is 4.98 Å². The molecule has 0 bridgehead atoms. The van der Waals surface area contributed by atoms with Crippen LogP contribution in [0.25, 0.3) is 0 Å². The van der Waals surface area contributed by atoms with Gasteiger partial charge in [-0.1, -0.05) is 41.4 Å². The molecule has 26 heavy (non-hydrogen) atoms. The Kier molecular flexibility index (Phi) is 5.66. The van der Waals surface area contributed by atoms with Gasteiger partial charge in [0.15, 0.2) is 0 Å². The van der Waals surface area contributed by atoms with Gasteiger partial charge in [0.2, 0.25) is 0 Å². The molecule has 0 spiro atoms. The van der Waals surface area contributed by atoms with E-state index in [1.165, 1.54) is 18.2 Å². The SMILES string of the molecule is O=S(=O)(Nc1ccc(OCc2ccccn2)c(Cl)c1)c1ccccc1Cl. The highest BCUT2D eigenvalue weighted by Gasteiger charge is 2.18. The molecule has 8 heteroatoms. The van der Waals surface area contributed by atoms with Crippen LogP contribution >= 0.6 is 23.2 Å². The van der Waals surface area contributed by atoms with Crippen molar-refractivity contribution in [3.8, 4) is 5.75 Å². The van der Waals surface area contributed by atoms with Crippen LogP contribution in [0.4, 0.5) is 5.69 Å². The number of halogens is 2. The second-order valence-corrected chi connectivity index (χ2v) is 7.76. The van der Waals surface area contributed by atoms with Crippen LogP contribution in [0.1, 0.15) is 5.69 Å². The van der Waals surface area contributed by atoms with Crippen LogP contribution < -0.4 is 9.46 Å². The number of benzene rings is 2. The summed E-state index contributed by atoms with van der Waals surface area (Å²) in [4.78, 5) is 4.15. The minimum atomic E-state index is -3.82. The Balaban J connectivity index is 1.74. The summed E-state index contributed by atoms with van der Waals surface area (Å²) in [5.74, 6) is 0.429. The lowest BCUT2D eigenvalue weighted by Crippen LogP contribution is -2.13. The van der Waals surface area contributed by atoms with E-state index in [1.807, 2.05) is 18.2 Å². The average molecular weight is 409 g/mol. The summed E-state index contributed by atoms with van der Waals surface area (Å²) in [5, 5.41) is 0.418. The van der Waals surface area contributed by atoms with E-state index in [0.29, 0.717) is 11.4 Å². The Bertz CT molecular complexity index is 1010. The zero-order valence-electron chi connectivity index (χ0n) is 13.4. The summed E-state index contributed by atoms with van der Waals surface area (Å²) in [6.45, 7) is 0.255. The number of nitrogens with one attached hydrogen (secondary N) is 1. The molecular formula is C18H14Cl2N2O3S. The molecule has 0 aliphatic carbocycles. The van der Waals surface area contributed by atoms with Crippen molar-refractivity contribution < 1.29 is 13.2 Å². The molecule has 0 aliphatic rings. The number of pyridine rings is 1. The Morgan fingerprint density at radius 2 is 1.73 bits per heavy atom. The van der Waals surface area contributed by atoms with Crippen LogP contribution in [0.15, 0.2) is 71.8 Å². The van der Waals surface area contributed by atoms with E-state index in [1.54, 1.807) is 30.5 Å². The van der Waals surface area contributed by atoms with Gasteiger partial charge in [-0.25, -0.2) is 8.42 Å². The van der Waals surface area contributed by atoms with Gasteiger partial charge in [0, 0.05) is 6.20 Å². The van der Waals surface area contributed by atoms with Gasteiger partial charge < -0.3 is 4.74 Å². The van der Waals surface area contributed by atoms with Gasteiger partial charge in [0.05, 0.1) is 21.4 Å². The van der Waals surface area contributed by atoms with Gasteiger partial charge in [-0.3, -0.25) is 9.71 Å². The number of hydrogen-bond acceptors (Lipinski definition) is 4. The number of sulfonamides is 1. The van der Waals surface area contributed by atoms with Crippen molar-refractivity contribution in [2.24, 2.45) is 0 Å². The van der Waals surface area contributed by atoms with Crippen LogP contribution in [0.5, 0.6) is 5.75 Å². The van der Waals surface area contributed by atoms with Crippen molar-refractivity contribution in [3.05, 3.63) is 82.6 Å². The number of aromatic nitrogens is 1. The smallest absolute Gasteiger partial charge is 0.263 e. The highest BCUT2D eigenvalue weighted by Crippen LogP contribution is 2.30. The summed E-state index contributed by atoms with van der Waals surface area (Å²) in [7, 11) is -3.82. The first-order chi connectivity index (χ1) is 12.5. The Morgan fingerprint density at radius 1 is 0.962 bits per heavy atom. The second kappa shape index (κ2) is 7.95. The fourth-order valence-electron chi connectivity index (χ4n) is 2.19. The standard InChI is InChI=1S/C18H14Cl2N2O3S/c19-15-6-1-2-7-18(15)26(23,24)22-13-8-9-17(16(20)11-13)25-12-14-5-3-4-10-21-14/h1-11,22H,12H2. The molecule has 0 radical (unpaired) electrons. The van der Waals surface area contributed by atoms with Crippen LogP contribution in [-0.4, -0.2) is 13.4 Å². The first-order valence-electron chi connectivity index (χ1n) is 7.55. The minimum absolute atomic E-state index is 0.00623. The first kappa shape index (κ1) is 18.5. The fraction of sp³-hybridized carbons (Fsp3) is 0.0556. The molecule has 0 saturated carbocycles. The quantitative estimate of drug-likeness (QED) is 0.637.